The Balaban J connectivity index is 2.73. The van der Waals surface area contributed by atoms with Crippen molar-refractivity contribution in [3.8, 4) is 0 Å². The highest BCUT2D eigenvalue weighted by Gasteiger charge is 2.27. The Morgan fingerprint density at radius 3 is 2.62 bits per heavy atom. The van der Waals surface area contributed by atoms with Gasteiger partial charge in [0.25, 0.3) is 0 Å². The van der Waals surface area contributed by atoms with Crippen LogP contribution in [0.3, 0.4) is 0 Å². The van der Waals surface area contributed by atoms with Crippen LogP contribution in [-0.4, -0.2) is 11.7 Å². The summed E-state index contributed by atoms with van der Waals surface area (Å²) >= 11 is 0. The molecule has 1 aliphatic carbocycles. The fraction of sp³-hybridized carbons (Fsp3) is 0.833. The van der Waals surface area contributed by atoms with Crippen molar-refractivity contribution in [2.45, 2.75) is 52.9 Å². The highest BCUT2D eigenvalue weighted by molar-refractivity contribution is 5.22. The molecule has 0 bridgehead atoms. The summed E-state index contributed by atoms with van der Waals surface area (Å²) in [6.07, 6.45) is 5.93. The van der Waals surface area contributed by atoms with Gasteiger partial charge in [-0.15, -0.1) is 0 Å². The van der Waals surface area contributed by atoms with Gasteiger partial charge < -0.3 is 5.11 Å². The van der Waals surface area contributed by atoms with Crippen LogP contribution in [0.5, 0.6) is 0 Å². The largest absolute Gasteiger partial charge is 0.396 e. The lowest BCUT2D eigenvalue weighted by molar-refractivity contribution is 0.277. The number of allylic oxidation sites excluding steroid dienone is 2. The van der Waals surface area contributed by atoms with E-state index in [1.165, 1.54) is 19.3 Å². The van der Waals surface area contributed by atoms with E-state index in [1.54, 1.807) is 11.1 Å². The van der Waals surface area contributed by atoms with Gasteiger partial charge in [0.1, 0.15) is 0 Å². The first-order valence-corrected chi connectivity index (χ1v) is 5.38. The molecule has 0 aromatic heterocycles. The lowest BCUT2D eigenvalue weighted by Gasteiger charge is -2.34. The summed E-state index contributed by atoms with van der Waals surface area (Å²) in [5.41, 5.74) is 3.56. The minimum absolute atomic E-state index is 0.326. The third-order valence-electron chi connectivity index (χ3n) is 3.27. The van der Waals surface area contributed by atoms with Gasteiger partial charge in [0.05, 0.1) is 0 Å². The highest BCUT2D eigenvalue weighted by Crippen LogP contribution is 2.42. The van der Waals surface area contributed by atoms with Gasteiger partial charge in [-0.1, -0.05) is 25.0 Å². The zero-order valence-corrected chi connectivity index (χ0v) is 9.19. The quantitative estimate of drug-likeness (QED) is 0.664. The average molecular weight is 182 g/mol. The molecule has 1 heteroatoms. The van der Waals surface area contributed by atoms with Crippen LogP contribution in [0.2, 0.25) is 0 Å². The minimum atomic E-state index is 0.326. The van der Waals surface area contributed by atoms with E-state index in [9.17, 15) is 0 Å². The smallest absolute Gasteiger partial charge is 0.0434 e. The number of rotatable bonds is 3. The molecule has 1 N–H and O–H groups in total. The van der Waals surface area contributed by atoms with E-state index in [0.29, 0.717) is 12.0 Å². The first kappa shape index (κ1) is 10.8. The van der Waals surface area contributed by atoms with Crippen molar-refractivity contribution in [1.82, 2.24) is 0 Å². The molecule has 0 unspecified atom stereocenters. The van der Waals surface area contributed by atoms with Crippen molar-refractivity contribution in [3.05, 3.63) is 11.1 Å². The summed E-state index contributed by atoms with van der Waals surface area (Å²) in [4.78, 5) is 0. The summed E-state index contributed by atoms with van der Waals surface area (Å²) < 4.78 is 0. The Kier molecular flexibility index (Phi) is 3.55. The molecule has 0 aliphatic heterocycles. The van der Waals surface area contributed by atoms with E-state index >= 15 is 0 Å². The summed E-state index contributed by atoms with van der Waals surface area (Å²) in [5.74, 6) is 0. The molecule has 0 atom stereocenters. The second-order valence-electron chi connectivity index (χ2n) is 4.82. The Morgan fingerprint density at radius 2 is 2.08 bits per heavy atom. The summed E-state index contributed by atoms with van der Waals surface area (Å²) in [7, 11) is 0. The van der Waals surface area contributed by atoms with Crippen molar-refractivity contribution in [3.63, 3.8) is 0 Å². The van der Waals surface area contributed by atoms with E-state index in [-0.39, 0.29) is 0 Å². The van der Waals surface area contributed by atoms with E-state index in [4.69, 9.17) is 5.11 Å². The zero-order chi connectivity index (χ0) is 9.90. The molecule has 76 valence electrons. The number of aliphatic hydroxyl groups excluding tert-OH is 1. The molecule has 0 aromatic carbocycles. The van der Waals surface area contributed by atoms with Gasteiger partial charge in [-0.25, -0.2) is 0 Å². The lowest BCUT2D eigenvalue weighted by Crippen LogP contribution is -2.20. The number of hydrogen-bond donors (Lipinski definition) is 1. The van der Waals surface area contributed by atoms with Crippen LogP contribution in [0.1, 0.15) is 52.9 Å². The monoisotopic (exact) mass is 182 g/mol. The topological polar surface area (TPSA) is 20.2 Å². The van der Waals surface area contributed by atoms with E-state index in [0.717, 1.165) is 12.8 Å². The summed E-state index contributed by atoms with van der Waals surface area (Å²) in [6.45, 7) is 7.26. The third-order valence-corrected chi connectivity index (χ3v) is 3.27. The molecule has 0 amide bonds. The minimum Gasteiger partial charge on any atom is -0.396 e. The van der Waals surface area contributed by atoms with Crippen LogP contribution >= 0.6 is 0 Å². The third kappa shape index (κ3) is 2.57. The van der Waals surface area contributed by atoms with Gasteiger partial charge in [0.2, 0.25) is 0 Å². The normalized spacial score (nSPS) is 22.2. The van der Waals surface area contributed by atoms with Crippen molar-refractivity contribution >= 4 is 0 Å². The molecule has 0 heterocycles. The van der Waals surface area contributed by atoms with Gasteiger partial charge in [0, 0.05) is 6.61 Å². The maximum Gasteiger partial charge on any atom is 0.0434 e. The van der Waals surface area contributed by atoms with E-state index in [1.807, 2.05) is 0 Å². The van der Waals surface area contributed by atoms with Crippen molar-refractivity contribution in [1.29, 1.82) is 0 Å². The highest BCUT2D eigenvalue weighted by atomic mass is 16.2. The van der Waals surface area contributed by atoms with Crippen LogP contribution < -0.4 is 0 Å². The molecular weight excluding hydrogens is 160 g/mol. The molecule has 1 aliphatic rings. The lowest BCUT2D eigenvalue weighted by atomic mass is 9.71. The van der Waals surface area contributed by atoms with E-state index in [2.05, 4.69) is 20.8 Å². The fourth-order valence-corrected chi connectivity index (χ4v) is 2.48. The molecule has 1 rings (SSSR count). The Morgan fingerprint density at radius 1 is 1.38 bits per heavy atom. The standard InChI is InChI=1S/C12H22O/c1-10-6-4-8-12(2,3)11(10)7-5-9-13/h13H,4-9H2,1-3H3. The molecule has 0 radical (unpaired) electrons. The average Bonchev–Trinajstić information content (AvgIpc) is 2.02. The summed E-state index contributed by atoms with van der Waals surface area (Å²) in [5, 5.41) is 8.83. The first-order chi connectivity index (χ1) is 6.08. The van der Waals surface area contributed by atoms with Gasteiger partial charge in [-0.2, -0.15) is 0 Å². The second kappa shape index (κ2) is 4.28. The van der Waals surface area contributed by atoms with Crippen LogP contribution in [-0.2, 0) is 0 Å². The maximum atomic E-state index is 8.83. The number of aliphatic hydroxyl groups is 1. The Hall–Kier alpha value is -0.300. The Bertz CT molecular complexity index is 201. The molecule has 1 nitrogen and oxygen atoms in total. The van der Waals surface area contributed by atoms with Crippen LogP contribution in [0, 0.1) is 5.41 Å². The maximum absolute atomic E-state index is 8.83. The molecule has 13 heavy (non-hydrogen) atoms. The molecule has 0 fully saturated rings. The van der Waals surface area contributed by atoms with Crippen molar-refractivity contribution in [2.24, 2.45) is 5.41 Å². The van der Waals surface area contributed by atoms with Gasteiger partial charge >= 0.3 is 0 Å². The summed E-state index contributed by atoms with van der Waals surface area (Å²) in [6, 6.07) is 0. The van der Waals surface area contributed by atoms with Crippen LogP contribution in [0.25, 0.3) is 0 Å². The Labute approximate surface area is 81.9 Å². The second-order valence-corrected chi connectivity index (χ2v) is 4.82. The molecule has 0 saturated carbocycles. The van der Waals surface area contributed by atoms with Gasteiger partial charge in [0.15, 0.2) is 0 Å². The van der Waals surface area contributed by atoms with Gasteiger partial charge in [-0.3, -0.25) is 0 Å². The molecule has 0 aromatic rings. The van der Waals surface area contributed by atoms with Crippen LogP contribution in [0.4, 0.5) is 0 Å². The fourth-order valence-electron chi connectivity index (χ4n) is 2.48. The zero-order valence-electron chi connectivity index (χ0n) is 9.19. The van der Waals surface area contributed by atoms with Gasteiger partial charge in [-0.05, 0) is 44.4 Å². The van der Waals surface area contributed by atoms with E-state index < -0.39 is 0 Å². The molecular formula is C12H22O. The predicted octanol–water partition coefficient (Wildman–Crippen LogP) is 3.29. The number of hydrogen-bond acceptors (Lipinski definition) is 1. The van der Waals surface area contributed by atoms with Crippen LogP contribution in [0.15, 0.2) is 11.1 Å². The SMILES string of the molecule is CC1=C(CCCO)C(C)(C)CCC1. The van der Waals surface area contributed by atoms with Crippen molar-refractivity contribution in [2.75, 3.05) is 6.61 Å². The first-order valence-electron chi connectivity index (χ1n) is 5.38. The predicted molar refractivity (Wildman–Crippen MR) is 56.7 cm³/mol. The molecule has 0 saturated heterocycles. The van der Waals surface area contributed by atoms with Crippen molar-refractivity contribution < 1.29 is 5.11 Å². The molecule has 0 spiro atoms.